The molecular weight excluding hydrogens is 329 g/mol. The van der Waals surface area contributed by atoms with Crippen LogP contribution >= 0.6 is 0 Å². The molecule has 0 spiro atoms. The van der Waals surface area contributed by atoms with Gasteiger partial charge in [0, 0.05) is 50.6 Å². The summed E-state index contributed by atoms with van der Waals surface area (Å²) in [5.74, 6) is -0.674. The Morgan fingerprint density at radius 2 is 1.58 bits per heavy atom. The lowest BCUT2D eigenvalue weighted by atomic mass is 10.1. The molecule has 1 saturated heterocycles. The Kier molecular flexibility index (Phi) is 5.76. The van der Waals surface area contributed by atoms with Crippen molar-refractivity contribution in [1.29, 1.82) is 0 Å². The molecule has 0 aliphatic carbocycles. The van der Waals surface area contributed by atoms with Gasteiger partial charge in [-0.15, -0.1) is 0 Å². The summed E-state index contributed by atoms with van der Waals surface area (Å²) in [6.45, 7) is 9.01. The molecule has 0 bridgehead atoms. The van der Waals surface area contributed by atoms with Crippen LogP contribution in [0.4, 0.5) is 15.8 Å². The maximum Gasteiger partial charge on any atom is 0.256 e. The van der Waals surface area contributed by atoms with Crippen LogP contribution in [-0.2, 0) is 0 Å². The van der Waals surface area contributed by atoms with Gasteiger partial charge in [-0.3, -0.25) is 4.79 Å². The Morgan fingerprint density at radius 3 is 2.15 bits per heavy atom. The van der Waals surface area contributed by atoms with Crippen molar-refractivity contribution in [3.8, 4) is 0 Å². The summed E-state index contributed by atoms with van der Waals surface area (Å²) in [5.41, 5.74) is 2.55. The Balaban J connectivity index is 1.62. The van der Waals surface area contributed by atoms with E-state index in [2.05, 4.69) is 47.9 Å². The average molecular weight is 355 g/mol. The third-order valence-corrected chi connectivity index (χ3v) is 5.01. The van der Waals surface area contributed by atoms with Gasteiger partial charge in [0.05, 0.1) is 5.56 Å². The van der Waals surface area contributed by atoms with E-state index >= 15 is 0 Å². The highest BCUT2D eigenvalue weighted by Crippen LogP contribution is 2.22. The number of anilines is 2. The number of carbonyl (C=O) groups is 1. The molecule has 5 heteroatoms. The third-order valence-electron chi connectivity index (χ3n) is 5.01. The Labute approximate surface area is 154 Å². The first-order valence-corrected chi connectivity index (χ1v) is 9.27. The Morgan fingerprint density at radius 1 is 0.962 bits per heavy atom. The van der Waals surface area contributed by atoms with Crippen molar-refractivity contribution in [2.75, 3.05) is 49.1 Å². The minimum atomic E-state index is -0.452. The second-order valence-corrected chi connectivity index (χ2v) is 6.45. The number of hydrogen-bond acceptors (Lipinski definition) is 3. The van der Waals surface area contributed by atoms with Crippen molar-refractivity contribution in [1.82, 2.24) is 4.90 Å². The number of carbonyl (C=O) groups excluding carboxylic acids is 1. The lowest BCUT2D eigenvalue weighted by Crippen LogP contribution is -2.49. The summed E-state index contributed by atoms with van der Waals surface area (Å²) in [6.07, 6.45) is 0. The van der Waals surface area contributed by atoms with Gasteiger partial charge in [-0.1, -0.05) is 12.1 Å². The molecule has 0 aromatic heterocycles. The van der Waals surface area contributed by atoms with E-state index in [1.807, 2.05) is 0 Å². The molecule has 1 aliphatic heterocycles. The van der Waals surface area contributed by atoms with Gasteiger partial charge in [0.2, 0.25) is 0 Å². The Hall–Kier alpha value is -2.56. The molecule has 2 aromatic rings. The van der Waals surface area contributed by atoms with Crippen LogP contribution in [-0.4, -0.2) is 50.1 Å². The third kappa shape index (κ3) is 3.82. The van der Waals surface area contributed by atoms with Crippen LogP contribution < -0.4 is 9.80 Å². The van der Waals surface area contributed by atoms with Crippen molar-refractivity contribution in [3.63, 3.8) is 0 Å². The van der Waals surface area contributed by atoms with Crippen LogP contribution in [0.25, 0.3) is 0 Å². The van der Waals surface area contributed by atoms with E-state index < -0.39 is 5.82 Å². The standard InChI is InChI=1S/C21H26FN3O/c1-3-23(4-2)17-9-11-18(12-10-17)24-13-15-25(16-14-24)21(26)19-7-5-6-8-20(19)22/h5-12H,3-4,13-16H2,1-2H3. The van der Waals surface area contributed by atoms with Gasteiger partial charge in [-0.05, 0) is 50.2 Å². The van der Waals surface area contributed by atoms with Crippen molar-refractivity contribution in [2.24, 2.45) is 0 Å². The summed E-state index contributed by atoms with van der Waals surface area (Å²) < 4.78 is 13.8. The van der Waals surface area contributed by atoms with Crippen molar-refractivity contribution < 1.29 is 9.18 Å². The molecule has 0 unspecified atom stereocenters. The van der Waals surface area contributed by atoms with Gasteiger partial charge in [-0.25, -0.2) is 4.39 Å². The van der Waals surface area contributed by atoms with Crippen molar-refractivity contribution in [3.05, 3.63) is 59.9 Å². The van der Waals surface area contributed by atoms with Gasteiger partial charge >= 0.3 is 0 Å². The van der Waals surface area contributed by atoms with E-state index in [0.29, 0.717) is 13.1 Å². The number of piperazine rings is 1. The smallest absolute Gasteiger partial charge is 0.256 e. The van der Waals surface area contributed by atoms with E-state index in [4.69, 9.17) is 0 Å². The minimum absolute atomic E-state index is 0.157. The summed E-state index contributed by atoms with van der Waals surface area (Å²) >= 11 is 0. The fraction of sp³-hybridized carbons (Fsp3) is 0.381. The first kappa shape index (κ1) is 18.2. The van der Waals surface area contributed by atoms with Crippen LogP contribution in [0.3, 0.4) is 0 Å². The first-order valence-electron chi connectivity index (χ1n) is 9.27. The van der Waals surface area contributed by atoms with Crippen molar-refractivity contribution in [2.45, 2.75) is 13.8 Å². The zero-order valence-corrected chi connectivity index (χ0v) is 15.5. The van der Waals surface area contributed by atoms with Crippen LogP contribution in [0.5, 0.6) is 0 Å². The number of rotatable bonds is 5. The molecule has 26 heavy (non-hydrogen) atoms. The molecule has 1 fully saturated rings. The minimum Gasteiger partial charge on any atom is -0.372 e. The molecule has 4 nitrogen and oxygen atoms in total. The van der Waals surface area contributed by atoms with E-state index in [1.54, 1.807) is 23.1 Å². The topological polar surface area (TPSA) is 26.8 Å². The van der Waals surface area contributed by atoms with Crippen LogP contribution in [0.1, 0.15) is 24.2 Å². The molecule has 1 heterocycles. The number of benzene rings is 2. The number of hydrogen-bond donors (Lipinski definition) is 0. The molecule has 138 valence electrons. The summed E-state index contributed by atoms with van der Waals surface area (Å²) in [7, 11) is 0. The van der Waals surface area contributed by atoms with Crippen LogP contribution in [0, 0.1) is 5.82 Å². The first-order chi connectivity index (χ1) is 12.6. The van der Waals surface area contributed by atoms with Crippen LogP contribution in [0.15, 0.2) is 48.5 Å². The number of halogens is 1. The lowest BCUT2D eigenvalue weighted by Gasteiger charge is -2.36. The molecular formula is C21H26FN3O. The quantitative estimate of drug-likeness (QED) is 0.819. The molecule has 0 radical (unpaired) electrons. The van der Waals surface area contributed by atoms with E-state index in [0.717, 1.165) is 26.2 Å². The summed E-state index contributed by atoms with van der Waals surface area (Å²) in [5, 5.41) is 0. The maximum atomic E-state index is 13.8. The van der Waals surface area contributed by atoms with Gasteiger partial charge in [0.25, 0.3) is 5.91 Å². The second-order valence-electron chi connectivity index (χ2n) is 6.45. The zero-order chi connectivity index (χ0) is 18.5. The van der Waals surface area contributed by atoms with E-state index in [9.17, 15) is 9.18 Å². The number of nitrogens with zero attached hydrogens (tertiary/aromatic N) is 3. The molecule has 1 aliphatic rings. The largest absolute Gasteiger partial charge is 0.372 e. The maximum absolute atomic E-state index is 13.8. The van der Waals surface area contributed by atoms with E-state index in [1.165, 1.54) is 17.4 Å². The van der Waals surface area contributed by atoms with Gasteiger partial charge < -0.3 is 14.7 Å². The predicted molar refractivity (Wildman–Crippen MR) is 105 cm³/mol. The highest BCUT2D eigenvalue weighted by molar-refractivity contribution is 5.94. The van der Waals surface area contributed by atoms with Crippen molar-refractivity contribution >= 4 is 17.3 Å². The molecule has 0 saturated carbocycles. The normalized spacial score (nSPS) is 14.4. The molecule has 2 aromatic carbocycles. The SMILES string of the molecule is CCN(CC)c1ccc(N2CCN(C(=O)c3ccccc3F)CC2)cc1. The monoisotopic (exact) mass is 355 g/mol. The molecule has 0 N–H and O–H groups in total. The zero-order valence-electron chi connectivity index (χ0n) is 15.5. The number of amides is 1. The molecule has 1 amide bonds. The fourth-order valence-electron chi connectivity index (χ4n) is 3.44. The highest BCUT2D eigenvalue weighted by Gasteiger charge is 2.24. The Bertz CT molecular complexity index is 735. The summed E-state index contributed by atoms with van der Waals surface area (Å²) in [4.78, 5) is 18.8. The van der Waals surface area contributed by atoms with Gasteiger partial charge in [-0.2, -0.15) is 0 Å². The summed E-state index contributed by atoms with van der Waals surface area (Å²) in [6, 6.07) is 14.8. The molecule has 3 rings (SSSR count). The lowest BCUT2D eigenvalue weighted by molar-refractivity contribution is 0.0742. The molecule has 0 atom stereocenters. The second kappa shape index (κ2) is 8.21. The fourth-order valence-corrected chi connectivity index (χ4v) is 3.44. The average Bonchev–Trinajstić information content (AvgIpc) is 2.69. The van der Waals surface area contributed by atoms with E-state index in [-0.39, 0.29) is 11.5 Å². The predicted octanol–water partition coefficient (Wildman–Crippen LogP) is 3.63. The highest BCUT2D eigenvalue weighted by atomic mass is 19.1. The van der Waals surface area contributed by atoms with Crippen LogP contribution in [0.2, 0.25) is 0 Å². The van der Waals surface area contributed by atoms with Gasteiger partial charge in [0.1, 0.15) is 5.82 Å². The van der Waals surface area contributed by atoms with Gasteiger partial charge in [0.15, 0.2) is 0 Å².